The highest BCUT2D eigenvalue weighted by Crippen LogP contribution is 2.24. The van der Waals surface area contributed by atoms with E-state index in [0.717, 1.165) is 16.1 Å². The van der Waals surface area contributed by atoms with Crippen LogP contribution in [-0.4, -0.2) is 27.4 Å². The molecule has 0 bridgehead atoms. The van der Waals surface area contributed by atoms with Crippen molar-refractivity contribution in [3.05, 3.63) is 84.7 Å². The molecule has 156 valence electrons. The van der Waals surface area contributed by atoms with Gasteiger partial charge < -0.3 is 14.6 Å². The number of halogens is 1. The Morgan fingerprint density at radius 1 is 1.20 bits per heavy atom. The van der Waals surface area contributed by atoms with Gasteiger partial charge in [0.1, 0.15) is 5.82 Å². The summed E-state index contributed by atoms with van der Waals surface area (Å²) < 4.78 is 6.04. The Morgan fingerprint density at radius 3 is 2.80 bits per heavy atom. The third-order valence-corrected chi connectivity index (χ3v) is 6.23. The first-order chi connectivity index (χ1) is 14.6. The van der Waals surface area contributed by atoms with Gasteiger partial charge in [-0.25, -0.2) is 4.98 Å². The van der Waals surface area contributed by atoms with E-state index in [1.54, 1.807) is 4.90 Å². The number of aromatic amines is 1. The monoisotopic (exact) mass is 443 g/mol. The minimum absolute atomic E-state index is 0.00655. The summed E-state index contributed by atoms with van der Waals surface area (Å²) in [6.07, 6.45) is 1.65. The fourth-order valence-electron chi connectivity index (χ4n) is 3.46. The maximum absolute atomic E-state index is 13.1. The van der Waals surface area contributed by atoms with Gasteiger partial charge >= 0.3 is 0 Å². The summed E-state index contributed by atoms with van der Waals surface area (Å²) in [5, 5.41) is 0. The molecule has 1 aliphatic heterocycles. The van der Waals surface area contributed by atoms with E-state index in [2.05, 4.69) is 9.97 Å². The van der Waals surface area contributed by atoms with Gasteiger partial charge in [0.25, 0.3) is 5.56 Å². The van der Waals surface area contributed by atoms with Crippen molar-refractivity contribution in [2.24, 2.45) is 0 Å². The van der Waals surface area contributed by atoms with Crippen molar-refractivity contribution in [1.82, 2.24) is 14.9 Å². The minimum Gasteiger partial charge on any atom is -0.376 e. The number of fused-ring (bicyclic) bond motifs is 1. The molecule has 8 heteroatoms. The second kappa shape index (κ2) is 9.55. The Labute approximate surface area is 183 Å². The predicted molar refractivity (Wildman–Crippen MR) is 117 cm³/mol. The van der Waals surface area contributed by atoms with Crippen molar-refractivity contribution in [3.63, 3.8) is 0 Å². The molecule has 30 heavy (non-hydrogen) atoms. The lowest BCUT2D eigenvalue weighted by atomic mass is 10.1. The number of aryl methyl sites for hydroxylation is 1. The molecule has 3 aromatic rings. The number of hydrogen-bond acceptors (Lipinski definition) is 5. The van der Waals surface area contributed by atoms with E-state index in [1.807, 2.05) is 42.5 Å². The Kier molecular flexibility index (Phi) is 6.62. The highest BCUT2D eigenvalue weighted by Gasteiger charge is 2.20. The van der Waals surface area contributed by atoms with Crippen LogP contribution in [0.15, 0.2) is 47.3 Å². The molecule has 0 aliphatic carbocycles. The SMILES string of the molecule is O=C(CCc1ccccc1)N(Cc1nc2c(c(=O)[nH]1)COCC2)Cc1ccc(Cl)s1. The van der Waals surface area contributed by atoms with Gasteiger partial charge in [0, 0.05) is 17.7 Å². The van der Waals surface area contributed by atoms with Gasteiger partial charge in [-0.1, -0.05) is 41.9 Å². The average molecular weight is 444 g/mol. The first-order valence-electron chi connectivity index (χ1n) is 9.83. The predicted octanol–water partition coefficient (Wildman–Crippen LogP) is 3.72. The number of thiophene rings is 1. The second-order valence-electron chi connectivity index (χ2n) is 7.18. The van der Waals surface area contributed by atoms with Crippen LogP contribution in [0.1, 0.15) is 33.9 Å². The topological polar surface area (TPSA) is 75.3 Å². The number of carbonyl (C=O) groups excluding carboxylic acids is 1. The van der Waals surface area contributed by atoms with Crippen molar-refractivity contribution < 1.29 is 9.53 Å². The summed E-state index contributed by atoms with van der Waals surface area (Å²) in [6, 6.07) is 13.7. The van der Waals surface area contributed by atoms with Gasteiger partial charge in [0.2, 0.25) is 5.91 Å². The number of hydrogen-bond donors (Lipinski definition) is 1. The minimum atomic E-state index is -0.189. The van der Waals surface area contributed by atoms with Gasteiger partial charge in [-0.3, -0.25) is 9.59 Å². The first-order valence-corrected chi connectivity index (χ1v) is 11.0. The Balaban J connectivity index is 1.53. The standard InChI is InChI=1S/C22H22ClN3O3S/c23-19-8-7-16(30-19)12-26(21(27)9-6-15-4-2-1-3-5-15)13-20-24-18-10-11-29-14-17(18)22(28)25-20/h1-5,7-8H,6,9-14H2,(H,24,25,28). The quantitative estimate of drug-likeness (QED) is 0.603. The highest BCUT2D eigenvalue weighted by atomic mass is 35.5. The molecule has 0 atom stereocenters. The molecule has 0 fully saturated rings. The molecule has 0 unspecified atom stereocenters. The van der Waals surface area contributed by atoms with Crippen molar-refractivity contribution in [2.75, 3.05) is 6.61 Å². The lowest BCUT2D eigenvalue weighted by molar-refractivity contribution is -0.132. The Bertz CT molecular complexity index is 1080. The molecule has 0 saturated carbocycles. The van der Waals surface area contributed by atoms with Gasteiger partial charge in [0.15, 0.2) is 0 Å². The average Bonchev–Trinajstić information content (AvgIpc) is 3.17. The maximum Gasteiger partial charge on any atom is 0.256 e. The molecule has 4 rings (SSSR count). The van der Waals surface area contributed by atoms with E-state index < -0.39 is 0 Å². The lowest BCUT2D eigenvalue weighted by Crippen LogP contribution is -2.33. The molecule has 2 aromatic heterocycles. The summed E-state index contributed by atoms with van der Waals surface area (Å²) in [4.78, 5) is 35.6. The maximum atomic E-state index is 13.1. The number of rotatable bonds is 7. The van der Waals surface area contributed by atoms with Crippen molar-refractivity contribution >= 4 is 28.8 Å². The molecular formula is C22H22ClN3O3S. The second-order valence-corrected chi connectivity index (χ2v) is 8.98. The molecule has 1 N–H and O–H groups in total. The van der Waals surface area contributed by atoms with Crippen molar-refractivity contribution in [2.45, 2.75) is 39.0 Å². The molecule has 0 radical (unpaired) electrons. The van der Waals surface area contributed by atoms with Crippen LogP contribution in [0.5, 0.6) is 0 Å². The van der Waals surface area contributed by atoms with Crippen LogP contribution in [0, 0.1) is 0 Å². The lowest BCUT2D eigenvalue weighted by Gasteiger charge is -2.23. The van der Waals surface area contributed by atoms with Crippen LogP contribution in [0.3, 0.4) is 0 Å². The molecule has 0 spiro atoms. The number of nitrogens with zero attached hydrogens (tertiary/aromatic N) is 2. The van der Waals surface area contributed by atoms with Crippen LogP contribution < -0.4 is 5.56 Å². The van der Waals surface area contributed by atoms with E-state index in [4.69, 9.17) is 16.3 Å². The first kappa shape index (κ1) is 20.8. The molecule has 1 aromatic carbocycles. The number of ether oxygens (including phenoxy) is 1. The van der Waals surface area contributed by atoms with E-state index in [-0.39, 0.29) is 24.6 Å². The number of nitrogens with one attached hydrogen (secondary N) is 1. The molecular weight excluding hydrogens is 422 g/mol. The van der Waals surface area contributed by atoms with Gasteiger partial charge in [-0.15, -0.1) is 11.3 Å². The van der Waals surface area contributed by atoms with E-state index in [1.165, 1.54) is 11.3 Å². The normalized spacial score (nSPS) is 13.1. The Morgan fingerprint density at radius 2 is 2.03 bits per heavy atom. The van der Waals surface area contributed by atoms with Crippen molar-refractivity contribution in [3.8, 4) is 0 Å². The van der Waals surface area contributed by atoms with Crippen LogP contribution in [0.25, 0.3) is 0 Å². The van der Waals surface area contributed by atoms with Crippen LogP contribution in [-0.2, 0) is 42.1 Å². The zero-order valence-corrected chi connectivity index (χ0v) is 18.0. The summed E-state index contributed by atoms with van der Waals surface area (Å²) in [5.41, 5.74) is 2.27. The van der Waals surface area contributed by atoms with Crippen LogP contribution >= 0.6 is 22.9 Å². The molecule has 0 saturated heterocycles. The molecule has 6 nitrogen and oxygen atoms in total. The van der Waals surface area contributed by atoms with E-state index in [9.17, 15) is 9.59 Å². The zero-order valence-electron chi connectivity index (χ0n) is 16.4. The number of benzene rings is 1. The molecule has 1 amide bonds. The van der Waals surface area contributed by atoms with E-state index >= 15 is 0 Å². The number of carbonyl (C=O) groups is 1. The number of aromatic nitrogens is 2. The fraction of sp³-hybridized carbons (Fsp3) is 0.318. The number of amides is 1. The highest BCUT2D eigenvalue weighted by molar-refractivity contribution is 7.16. The van der Waals surface area contributed by atoms with E-state index in [0.29, 0.717) is 48.1 Å². The molecule has 3 heterocycles. The van der Waals surface area contributed by atoms with Gasteiger partial charge in [-0.05, 0) is 24.1 Å². The van der Waals surface area contributed by atoms with Crippen LogP contribution in [0.4, 0.5) is 0 Å². The van der Waals surface area contributed by atoms with Gasteiger partial charge in [-0.2, -0.15) is 0 Å². The third-order valence-electron chi connectivity index (χ3n) is 5.02. The molecule has 1 aliphatic rings. The summed E-state index contributed by atoms with van der Waals surface area (Å²) in [7, 11) is 0. The smallest absolute Gasteiger partial charge is 0.256 e. The zero-order chi connectivity index (χ0) is 20.9. The third kappa shape index (κ3) is 5.16. The summed E-state index contributed by atoms with van der Waals surface area (Å²) in [5.74, 6) is 0.503. The largest absolute Gasteiger partial charge is 0.376 e. The van der Waals surface area contributed by atoms with Crippen molar-refractivity contribution in [1.29, 1.82) is 0 Å². The number of H-pyrrole nitrogens is 1. The Hall–Kier alpha value is -2.48. The summed E-state index contributed by atoms with van der Waals surface area (Å²) in [6.45, 7) is 1.50. The van der Waals surface area contributed by atoms with Crippen LogP contribution in [0.2, 0.25) is 4.34 Å². The van der Waals surface area contributed by atoms with Gasteiger partial charge in [0.05, 0.1) is 41.9 Å². The fourth-order valence-corrected chi connectivity index (χ4v) is 4.56. The summed E-state index contributed by atoms with van der Waals surface area (Å²) >= 11 is 7.52.